The highest BCUT2D eigenvalue weighted by molar-refractivity contribution is 5.92. The van der Waals surface area contributed by atoms with Gasteiger partial charge in [-0.1, -0.05) is 0 Å². The van der Waals surface area contributed by atoms with Gasteiger partial charge in [0.1, 0.15) is 5.69 Å². The maximum absolute atomic E-state index is 13.0. The summed E-state index contributed by atoms with van der Waals surface area (Å²) in [6.45, 7) is 7.39. The van der Waals surface area contributed by atoms with Crippen molar-refractivity contribution in [3.05, 3.63) is 18.2 Å². The third-order valence-corrected chi connectivity index (χ3v) is 6.33. The molecule has 0 unspecified atom stereocenters. The van der Waals surface area contributed by atoms with Crippen LogP contribution in [0.3, 0.4) is 0 Å². The van der Waals surface area contributed by atoms with Gasteiger partial charge < -0.3 is 19.1 Å². The summed E-state index contributed by atoms with van der Waals surface area (Å²) in [5, 5.41) is 0. The summed E-state index contributed by atoms with van der Waals surface area (Å²) in [6, 6.07) is 0.278. The van der Waals surface area contributed by atoms with Gasteiger partial charge >= 0.3 is 0 Å². The molecule has 0 N–H and O–H groups in total. The third-order valence-electron chi connectivity index (χ3n) is 6.33. The zero-order valence-corrected chi connectivity index (χ0v) is 16.4. The number of ether oxygens (including phenoxy) is 1. The summed E-state index contributed by atoms with van der Waals surface area (Å²) in [4.78, 5) is 34.3. The number of imidazole rings is 1. The Hall–Kier alpha value is -1.89. The predicted molar refractivity (Wildman–Crippen MR) is 100 cm³/mol. The Bertz CT molecular complexity index is 704. The molecule has 2 amide bonds. The van der Waals surface area contributed by atoms with E-state index in [-0.39, 0.29) is 29.3 Å². The molecule has 1 aromatic rings. The summed E-state index contributed by atoms with van der Waals surface area (Å²) >= 11 is 0. The molecule has 3 heterocycles. The summed E-state index contributed by atoms with van der Waals surface area (Å²) in [5.41, 5.74) is 0.344. The van der Waals surface area contributed by atoms with Gasteiger partial charge in [-0.15, -0.1) is 0 Å². The molecule has 7 nitrogen and oxygen atoms in total. The molecule has 0 bridgehead atoms. The van der Waals surface area contributed by atoms with Crippen molar-refractivity contribution in [3.8, 4) is 0 Å². The van der Waals surface area contributed by atoms with E-state index in [2.05, 4.69) is 23.7 Å². The van der Waals surface area contributed by atoms with Crippen LogP contribution < -0.4 is 0 Å². The highest BCUT2D eigenvalue weighted by Crippen LogP contribution is 2.39. The molecule has 1 aromatic heterocycles. The predicted octanol–water partition coefficient (Wildman–Crippen LogP) is 2.10. The van der Waals surface area contributed by atoms with Crippen LogP contribution >= 0.6 is 0 Å². The first kappa shape index (κ1) is 18.5. The van der Waals surface area contributed by atoms with Gasteiger partial charge in [0.05, 0.1) is 6.33 Å². The van der Waals surface area contributed by atoms with Crippen LogP contribution in [0.25, 0.3) is 0 Å². The van der Waals surface area contributed by atoms with Gasteiger partial charge in [-0.2, -0.15) is 0 Å². The van der Waals surface area contributed by atoms with E-state index in [0.717, 1.165) is 32.1 Å². The van der Waals surface area contributed by atoms with Gasteiger partial charge in [-0.3, -0.25) is 9.59 Å². The number of aromatic nitrogens is 2. The zero-order valence-electron chi connectivity index (χ0n) is 16.4. The quantitative estimate of drug-likeness (QED) is 0.813. The van der Waals surface area contributed by atoms with Gasteiger partial charge in [-0.05, 0) is 46.0 Å². The second-order valence-corrected chi connectivity index (χ2v) is 8.44. The minimum absolute atomic E-state index is 0.0302. The lowest BCUT2D eigenvalue weighted by Crippen LogP contribution is -2.55. The fraction of sp³-hybridized carbons (Fsp3) is 0.750. The standard InChI is InChI=1S/C20H30N4O3/c1-15(2)23-13-17(21-14-23)19(26)22-8-5-20(6-11-27-12-7-20)24(10-9-22)18(25)16-3-4-16/h13-16H,3-12H2,1-2H3. The Balaban J connectivity index is 1.52. The molecule has 2 saturated heterocycles. The number of rotatable bonds is 3. The van der Waals surface area contributed by atoms with E-state index >= 15 is 0 Å². The van der Waals surface area contributed by atoms with Gasteiger partial charge in [0.25, 0.3) is 5.91 Å². The molecule has 0 radical (unpaired) electrons. The number of carbonyl (C=O) groups excluding carboxylic acids is 2. The Kier molecular flexibility index (Phi) is 4.97. The number of carbonyl (C=O) groups is 2. The molecule has 7 heteroatoms. The van der Waals surface area contributed by atoms with Crippen molar-refractivity contribution < 1.29 is 14.3 Å². The number of amides is 2. The molecule has 1 spiro atoms. The molecule has 1 aliphatic carbocycles. The second kappa shape index (κ2) is 7.26. The van der Waals surface area contributed by atoms with E-state index < -0.39 is 0 Å². The molecule has 4 rings (SSSR count). The minimum Gasteiger partial charge on any atom is -0.381 e. The number of hydrogen-bond acceptors (Lipinski definition) is 4. The first-order chi connectivity index (χ1) is 13.0. The van der Waals surface area contributed by atoms with Crippen molar-refractivity contribution in [2.45, 2.75) is 57.5 Å². The monoisotopic (exact) mass is 374 g/mol. The third kappa shape index (κ3) is 3.61. The second-order valence-electron chi connectivity index (χ2n) is 8.44. The lowest BCUT2D eigenvalue weighted by atomic mass is 9.84. The van der Waals surface area contributed by atoms with Crippen LogP contribution in [0.5, 0.6) is 0 Å². The van der Waals surface area contributed by atoms with Crippen molar-refractivity contribution in [2.24, 2.45) is 5.92 Å². The molecule has 27 heavy (non-hydrogen) atoms. The van der Waals surface area contributed by atoms with Gasteiger partial charge in [0.15, 0.2) is 0 Å². The Morgan fingerprint density at radius 2 is 1.89 bits per heavy atom. The van der Waals surface area contributed by atoms with Gasteiger partial charge in [0, 0.05) is 56.5 Å². The average molecular weight is 374 g/mol. The number of nitrogens with zero attached hydrogens (tertiary/aromatic N) is 4. The van der Waals surface area contributed by atoms with Crippen molar-refractivity contribution in [1.29, 1.82) is 0 Å². The van der Waals surface area contributed by atoms with Crippen molar-refractivity contribution in [3.63, 3.8) is 0 Å². The topological polar surface area (TPSA) is 67.7 Å². The first-order valence-corrected chi connectivity index (χ1v) is 10.2. The van der Waals surface area contributed by atoms with E-state index in [4.69, 9.17) is 4.74 Å². The van der Waals surface area contributed by atoms with E-state index in [1.807, 2.05) is 15.7 Å². The van der Waals surface area contributed by atoms with Gasteiger partial charge in [-0.25, -0.2) is 4.98 Å². The van der Waals surface area contributed by atoms with Crippen molar-refractivity contribution >= 4 is 11.8 Å². The van der Waals surface area contributed by atoms with Crippen LogP contribution in [-0.2, 0) is 9.53 Å². The Morgan fingerprint density at radius 3 is 2.52 bits per heavy atom. The van der Waals surface area contributed by atoms with Crippen LogP contribution in [0.1, 0.15) is 62.5 Å². The maximum atomic E-state index is 13.0. The van der Waals surface area contributed by atoms with Gasteiger partial charge in [0.2, 0.25) is 5.91 Å². The van der Waals surface area contributed by atoms with Crippen LogP contribution in [-0.4, -0.2) is 69.6 Å². The molecular formula is C20H30N4O3. The highest BCUT2D eigenvalue weighted by atomic mass is 16.5. The van der Waals surface area contributed by atoms with Crippen LogP contribution in [0.15, 0.2) is 12.5 Å². The molecular weight excluding hydrogens is 344 g/mol. The fourth-order valence-corrected chi connectivity index (χ4v) is 4.31. The maximum Gasteiger partial charge on any atom is 0.274 e. The van der Waals surface area contributed by atoms with E-state index in [9.17, 15) is 9.59 Å². The van der Waals surface area contributed by atoms with Crippen LogP contribution in [0, 0.1) is 5.92 Å². The molecule has 1 saturated carbocycles. The summed E-state index contributed by atoms with van der Waals surface area (Å²) < 4.78 is 7.53. The lowest BCUT2D eigenvalue weighted by Gasteiger charge is -2.45. The molecule has 2 aliphatic heterocycles. The first-order valence-electron chi connectivity index (χ1n) is 10.2. The SMILES string of the molecule is CC(C)n1cnc(C(=O)N2CCN(C(=O)C3CC3)C3(CCOCC3)CC2)c1. The van der Waals surface area contributed by atoms with E-state index in [1.54, 1.807) is 6.33 Å². The average Bonchev–Trinajstić information content (AvgIpc) is 3.43. The molecule has 3 fully saturated rings. The summed E-state index contributed by atoms with van der Waals surface area (Å²) in [6.07, 6.45) is 8.14. The fourth-order valence-electron chi connectivity index (χ4n) is 4.31. The highest BCUT2D eigenvalue weighted by Gasteiger charge is 2.46. The minimum atomic E-state index is -0.149. The van der Waals surface area contributed by atoms with E-state index in [0.29, 0.717) is 38.5 Å². The number of hydrogen-bond donors (Lipinski definition) is 0. The molecule has 148 valence electrons. The van der Waals surface area contributed by atoms with Crippen molar-refractivity contribution in [2.75, 3.05) is 32.8 Å². The van der Waals surface area contributed by atoms with E-state index in [1.165, 1.54) is 0 Å². The zero-order chi connectivity index (χ0) is 19.0. The summed E-state index contributed by atoms with van der Waals surface area (Å²) in [5.74, 6) is 0.460. The molecule has 0 aromatic carbocycles. The Labute approximate surface area is 160 Å². The molecule has 0 atom stereocenters. The van der Waals surface area contributed by atoms with Crippen LogP contribution in [0.4, 0.5) is 0 Å². The smallest absolute Gasteiger partial charge is 0.274 e. The Morgan fingerprint density at radius 1 is 1.15 bits per heavy atom. The van der Waals surface area contributed by atoms with Crippen LogP contribution in [0.2, 0.25) is 0 Å². The summed E-state index contributed by atoms with van der Waals surface area (Å²) in [7, 11) is 0. The molecule has 3 aliphatic rings. The normalized spacial score (nSPS) is 22.9. The lowest BCUT2D eigenvalue weighted by molar-refractivity contribution is -0.143. The van der Waals surface area contributed by atoms with Crippen molar-refractivity contribution in [1.82, 2.24) is 19.4 Å². The largest absolute Gasteiger partial charge is 0.381 e.